The molecule has 1 atom stereocenters. The van der Waals surface area contributed by atoms with Gasteiger partial charge < -0.3 is 5.32 Å². The van der Waals surface area contributed by atoms with Crippen molar-refractivity contribution in [1.29, 1.82) is 0 Å². The molecule has 0 spiro atoms. The van der Waals surface area contributed by atoms with E-state index in [2.05, 4.69) is 10.2 Å². The van der Waals surface area contributed by atoms with E-state index in [1.165, 1.54) is 32.1 Å². The van der Waals surface area contributed by atoms with Crippen molar-refractivity contribution in [1.82, 2.24) is 10.2 Å². The van der Waals surface area contributed by atoms with E-state index in [4.69, 9.17) is 11.6 Å². The Kier molecular flexibility index (Phi) is 7.15. The predicted molar refractivity (Wildman–Crippen MR) is 97.2 cm³/mol. The van der Waals surface area contributed by atoms with Crippen molar-refractivity contribution in [3.05, 3.63) is 34.1 Å². The zero-order chi connectivity index (χ0) is 15.5. The minimum Gasteiger partial charge on any atom is -0.314 e. The first-order valence-corrected chi connectivity index (χ1v) is 8.95. The van der Waals surface area contributed by atoms with Gasteiger partial charge in [0.1, 0.15) is 5.82 Å². The van der Waals surface area contributed by atoms with Gasteiger partial charge in [0.15, 0.2) is 0 Å². The Morgan fingerprint density at radius 2 is 1.83 bits per heavy atom. The molecule has 1 aromatic rings. The van der Waals surface area contributed by atoms with Crippen molar-refractivity contribution in [2.75, 3.05) is 26.2 Å². The van der Waals surface area contributed by atoms with Gasteiger partial charge in [0.05, 0.1) is 0 Å². The molecule has 0 bridgehead atoms. The van der Waals surface area contributed by atoms with Gasteiger partial charge in [-0.1, -0.05) is 36.9 Å². The van der Waals surface area contributed by atoms with Crippen molar-refractivity contribution < 1.29 is 4.39 Å². The van der Waals surface area contributed by atoms with Crippen molar-refractivity contribution in [3.63, 3.8) is 0 Å². The molecule has 23 heavy (non-hydrogen) atoms. The summed E-state index contributed by atoms with van der Waals surface area (Å²) in [6.07, 6.45) is 6.22. The van der Waals surface area contributed by atoms with Crippen LogP contribution in [0.15, 0.2) is 12.1 Å². The summed E-state index contributed by atoms with van der Waals surface area (Å²) < 4.78 is 14.9. The second-order valence-corrected chi connectivity index (χ2v) is 7.13. The second-order valence-electron chi connectivity index (χ2n) is 6.72. The quantitative estimate of drug-likeness (QED) is 0.837. The lowest BCUT2D eigenvalue weighted by atomic mass is 9.79. The minimum atomic E-state index is -0.0957. The van der Waals surface area contributed by atoms with E-state index in [0.717, 1.165) is 31.7 Å². The summed E-state index contributed by atoms with van der Waals surface area (Å²) in [4.78, 5) is 2.45. The average molecular weight is 361 g/mol. The first kappa shape index (κ1) is 19.0. The molecule has 5 heteroatoms. The van der Waals surface area contributed by atoms with Crippen LogP contribution in [0, 0.1) is 18.7 Å². The largest absolute Gasteiger partial charge is 0.314 e. The van der Waals surface area contributed by atoms with Crippen LogP contribution in [0.3, 0.4) is 0 Å². The highest BCUT2D eigenvalue weighted by atomic mass is 35.5. The molecular formula is C18H27Cl2FN2. The van der Waals surface area contributed by atoms with E-state index in [1.807, 2.05) is 13.0 Å². The van der Waals surface area contributed by atoms with Gasteiger partial charge in [0.2, 0.25) is 0 Å². The fourth-order valence-corrected chi connectivity index (χ4v) is 4.33. The lowest BCUT2D eigenvalue weighted by Crippen LogP contribution is -2.47. The summed E-state index contributed by atoms with van der Waals surface area (Å²) in [7, 11) is 0. The van der Waals surface area contributed by atoms with Crippen LogP contribution in [0.5, 0.6) is 0 Å². The molecule has 1 N–H and O–H groups in total. The molecule has 2 fully saturated rings. The van der Waals surface area contributed by atoms with Crippen LogP contribution in [0.4, 0.5) is 4.39 Å². The van der Waals surface area contributed by atoms with E-state index in [9.17, 15) is 4.39 Å². The Hall–Kier alpha value is -0.350. The van der Waals surface area contributed by atoms with Crippen molar-refractivity contribution in [3.8, 4) is 0 Å². The van der Waals surface area contributed by atoms with Crippen molar-refractivity contribution in [2.24, 2.45) is 5.92 Å². The predicted octanol–water partition coefficient (Wildman–Crippen LogP) is 4.74. The number of halogens is 3. The Morgan fingerprint density at radius 3 is 2.48 bits per heavy atom. The molecular weight excluding hydrogens is 334 g/mol. The summed E-state index contributed by atoms with van der Waals surface area (Å²) in [6, 6.07) is 3.79. The monoisotopic (exact) mass is 360 g/mol. The number of piperazine rings is 1. The average Bonchev–Trinajstić information content (AvgIpc) is 2.57. The summed E-state index contributed by atoms with van der Waals surface area (Å²) in [5, 5.41) is 3.99. The molecule has 2 aliphatic rings. The molecule has 1 aromatic carbocycles. The molecule has 1 saturated heterocycles. The third-order valence-corrected chi connectivity index (χ3v) is 5.59. The van der Waals surface area contributed by atoms with Crippen molar-refractivity contribution >= 4 is 24.0 Å². The van der Waals surface area contributed by atoms with Gasteiger partial charge in [0.25, 0.3) is 0 Å². The third-order valence-electron chi connectivity index (χ3n) is 5.26. The number of rotatable bonds is 3. The summed E-state index contributed by atoms with van der Waals surface area (Å²) in [6.45, 7) is 5.75. The molecule has 3 rings (SSSR count). The minimum absolute atomic E-state index is 0. The highest BCUT2D eigenvalue weighted by Crippen LogP contribution is 2.42. The van der Waals surface area contributed by atoms with Gasteiger partial charge in [-0.05, 0) is 37.3 Å². The topological polar surface area (TPSA) is 15.3 Å². The summed E-state index contributed by atoms with van der Waals surface area (Å²) >= 11 is 6.45. The number of hydrogen-bond acceptors (Lipinski definition) is 2. The molecule has 0 unspecified atom stereocenters. The first-order valence-electron chi connectivity index (χ1n) is 8.57. The lowest BCUT2D eigenvalue weighted by Gasteiger charge is -2.41. The van der Waals surface area contributed by atoms with Gasteiger partial charge in [-0.25, -0.2) is 4.39 Å². The molecule has 1 aliphatic carbocycles. The molecule has 0 aromatic heterocycles. The number of nitrogens with zero attached hydrogens (tertiary/aromatic N) is 1. The van der Waals surface area contributed by atoms with Crippen LogP contribution >= 0.6 is 24.0 Å². The lowest BCUT2D eigenvalue weighted by molar-refractivity contribution is 0.101. The second kappa shape index (κ2) is 8.66. The highest BCUT2D eigenvalue weighted by molar-refractivity contribution is 6.31. The maximum atomic E-state index is 14.9. The van der Waals surface area contributed by atoms with E-state index in [-0.39, 0.29) is 24.3 Å². The summed E-state index contributed by atoms with van der Waals surface area (Å²) in [5.74, 6) is 0.433. The number of nitrogens with one attached hydrogen (secondary N) is 1. The van der Waals surface area contributed by atoms with Crippen LogP contribution in [0.1, 0.15) is 49.3 Å². The van der Waals surface area contributed by atoms with Gasteiger partial charge in [-0.2, -0.15) is 0 Å². The van der Waals surface area contributed by atoms with Gasteiger partial charge in [0, 0.05) is 42.8 Å². The summed E-state index contributed by atoms with van der Waals surface area (Å²) in [5.41, 5.74) is 1.45. The zero-order valence-electron chi connectivity index (χ0n) is 13.8. The Morgan fingerprint density at radius 1 is 1.17 bits per heavy atom. The molecule has 0 amide bonds. The molecule has 1 aliphatic heterocycles. The zero-order valence-corrected chi connectivity index (χ0v) is 15.4. The van der Waals surface area contributed by atoms with E-state index < -0.39 is 0 Å². The third kappa shape index (κ3) is 4.19. The molecule has 0 radical (unpaired) electrons. The first-order chi connectivity index (χ1) is 10.7. The van der Waals surface area contributed by atoms with E-state index in [0.29, 0.717) is 16.5 Å². The van der Waals surface area contributed by atoms with Crippen LogP contribution < -0.4 is 5.32 Å². The van der Waals surface area contributed by atoms with Crippen LogP contribution in [-0.4, -0.2) is 31.1 Å². The Labute approximate surface area is 150 Å². The number of aryl methyl sites for hydroxylation is 1. The smallest absolute Gasteiger partial charge is 0.132 e. The maximum Gasteiger partial charge on any atom is 0.132 e. The molecule has 1 heterocycles. The molecule has 2 nitrogen and oxygen atoms in total. The maximum absolute atomic E-state index is 14.9. The van der Waals surface area contributed by atoms with Gasteiger partial charge >= 0.3 is 0 Å². The van der Waals surface area contributed by atoms with Crippen LogP contribution in [-0.2, 0) is 0 Å². The normalized spacial score (nSPS) is 21.7. The highest BCUT2D eigenvalue weighted by Gasteiger charge is 2.34. The van der Waals surface area contributed by atoms with Crippen molar-refractivity contribution in [2.45, 2.75) is 45.1 Å². The molecule has 1 saturated carbocycles. The molecule has 130 valence electrons. The van der Waals surface area contributed by atoms with Gasteiger partial charge in [-0.3, -0.25) is 4.90 Å². The van der Waals surface area contributed by atoms with E-state index >= 15 is 0 Å². The number of hydrogen-bond donors (Lipinski definition) is 1. The Bertz CT molecular complexity index is 494. The number of benzene rings is 1. The van der Waals surface area contributed by atoms with Gasteiger partial charge in [-0.15, -0.1) is 12.4 Å². The Balaban J connectivity index is 0.00000192. The standard InChI is InChI=1S/C18H26ClFN2.ClH/c1-13-7-8-15(19)16(17(13)20)18(14-5-3-2-4-6-14)22-11-9-21-10-12-22;/h7-8,14,18,21H,2-6,9-12H2,1H3;1H/t18-;/m1./s1. The fourth-order valence-electron chi connectivity index (χ4n) is 4.08. The van der Waals surface area contributed by atoms with E-state index in [1.54, 1.807) is 6.07 Å². The van der Waals surface area contributed by atoms with Crippen LogP contribution in [0.25, 0.3) is 0 Å². The van der Waals surface area contributed by atoms with Crippen LogP contribution in [0.2, 0.25) is 5.02 Å². The fraction of sp³-hybridized carbons (Fsp3) is 0.667. The SMILES string of the molecule is Cc1ccc(Cl)c([C@@H](C2CCCCC2)N2CCNCC2)c1F.Cl.